The number of pyridine rings is 1. The van der Waals surface area contributed by atoms with Crippen LogP contribution in [0.25, 0.3) is 0 Å². The van der Waals surface area contributed by atoms with Gasteiger partial charge in [0.25, 0.3) is 5.91 Å². The Balaban J connectivity index is 2.37. The molecule has 2 N–H and O–H groups in total. The van der Waals surface area contributed by atoms with Crippen molar-refractivity contribution in [2.45, 2.75) is 20.3 Å². The zero-order chi connectivity index (χ0) is 14.1. The lowest BCUT2D eigenvalue weighted by Gasteiger charge is -2.19. The largest absolute Gasteiger partial charge is 0.387 e. The average molecular weight is 264 g/mol. The summed E-state index contributed by atoms with van der Waals surface area (Å²) >= 11 is 0. The van der Waals surface area contributed by atoms with Crippen LogP contribution in [-0.4, -0.2) is 49.0 Å². The van der Waals surface area contributed by atoms with Crippen LogP contribution in [0, 0.1) is 0 Å². The molecule has 0 aliphatic carbocycles. The fourth-order valence-corrected chi connectivity index (χ4v) is 1.84. The first kappa shape index (κ1) is 15.4. The number of hydrogen-bond acceptors (Lipinski definition) is 4. The van der Waals surface area contributed by atoms with Crippen LogP contribution in [0.1, 0.15) is 30.8 Å². The minimum atomic E-state index is -0.116. The van der Waals surface area contributed by atoms with Crippen LogP contribution in [-0.2, 0) is 0 Å². The first-order chi connectivity index (χ1) is 9.21. The molecule has 1 aromatic rings. The summed E-state index contributed by atoms with van der Waals surface area (Å²) in [4.78, 5) is 18.3. The van der Waals surface area contributed by atoms with Crippen LogP contribution in [0.2, 0.25) is 0 Å². The molecular weight excluding hydrogens is 240 g/mol. The second-order valence-corrected chi connectivity index (χ2v) is 4.37. The Labute approximate surface area is 115 Å². The molecule has 19 heavy (non-hydrogen) atoms. The number of aromatic nitrogens is 1. The molecule has 1 amide bonds. The molecule has 0 aromatic carbocycles. The fraction of sp³-hybridized carbons (Fsp3) is 0.571. The maximum Gasteiger partial charge on any atom is 0.269 e. The molecule has 5 heteroatoms. The summed E-state index contributed by atoms with van der Waals surface area (Å²) in [6, 6.07) is 3.57. The third-order valence-electron chi connectivity index (χ3n) is 2.99. The Morgan fingerprint density at radius 2 is 2.11 bits per heavy atom. The third-order valence-corrected chi connectivity index (χ3v) is 2.99. The van der Waals surface area contributed by atoms with Crippen LogP contribution < -0.4 is 10.6 Å². The molecule has 1 aromatic heterocycles. The van der Waals surface area contributed by atoms with E-state index >= 15 is 0 Å². The van der Waals surface area contributed by atoms with E-state index in [9.17, 15) is 4.79 Å². The molecule has 0 unspecified atom stereocenters. The first-order valence-electron chi connectivity index (χ1n) is 6.85. The molecule has 0 radical (unpaired) electrons. The number of carbonyl (C=O) groups excluding carboxylic acids is 1. The number of likely N-dealkylation sites (N-methyl/N-ethyl adjacent to an activating group) is 1. The summed E-state index contributed by atoms with van der Waals surface area (Å²) in [5, 5.41) is 5.87. The molecule has 0 saturated heterocycles. The molecular formula is C14H24N4O. The predicted molar refractivity (Wildman–Crippen MR) is 78.5 cm³/mol. The van der Waals surface area contributed by atoms with E-state index in [0.29, 0.717) is 12.2 Å². The smallest absolute Gasteiger partial charge is 0.269 e. The molecule has 0 spiro atoms. The standard InChI is InChI=1S/C14H24N4O/c1-4-9-18(5-2)10-8-16-14(19)13-7-6-12(15-3)11-17-13/h6-7,11,15H,4-5,8-10H2,1-3H3,(H,16,19). The van der Waals surface area contributed by atoms with Gasteiger partial charge in [-0.3, -0.25) is 4.79 Å². The maximum absolute atomic E-state index is 11.9. The highest BCUT2D eigenvalue weighted by molar-refractivity contribution is 5.92. The van der Waals surface area contributed by atoms with E-state index in [0.717, 1.165) is 31.7 Å². The van der Waals surface area contributed by atoms with E-state index in [1.807, 2.05) is 13.1 Å². The Kier molecular flexibility index (Phi) is 6.89. The SMILES string of the molecule is CCCN(CC)CCNC(=O)c1ccc(NC)cn1. The second-order valence-electron chi connectivity index (χ2n) is 4.37. The lowest BCUT2D eigenvalue weighted by atomic mass is 10.3. The molecule has 0 aliphatic rings. The van der Waals surface area contributed by atoms with Crippen molar-refractivity contribution in [3.05, 3.63) is 24.0 Å². The van der Waals surface area contributed by atoms with Crippen molar-refractivity contribution in [3.63, 3.8) is 0 Å². The van der Waals surface area contributed by atoms with Crippen molar-refractivity contribution >= 4 is 11.6 Å². The summed E-state index contributed by atoms with van der Waals surface area (Å²) in [5.74, 6) is -0.116. The van der Waals surface area contributed by atoms with E-state index in [2.05, 4.69) is 34.4 Å². The van der Waals surface area contributed by atoms with E-state index in [1.54, 1.807) is 12.3 Å². The Hall–Kier alpha value is -1.62. The Morgan fingerprint density at radius 3 is 2.63 bits per heavy atom. The minimum absolute atomic E-state index is 0.116. The van der Waals surface area contributed by atoms with Gasteiger partial charge in [0, 0.05) is 20.1 Å². The van der Waals surface area contributed by atoms with Gasteiger partial charge in [-0.25, -0.2) is 4.98 Å². The number of rotatable bonds is 8. The topological polar surface area (TPSA) is 57.3 Å². The fourth-order valence-electron chi connectivity index (χ4n) is 1.84. The zero-order valence-electron chi connectivity index (χ0n) is 12.1. The summed E-state index contributed by atoms with van der Waals surface area (Å²) in [6.07, 6.45) is 2.79. The molecule has 0 aliphatic heterocycles. The third kappa shape index (κ3) is 5.26. The average Bonchev–Trinajstić information content (AvgIpc) is 2.46. The number of anilines is 1. The predicted octanol–water partition coefficient (Wildman–Crippen LogP) is 1.58. The summed E-state index contributed by atoms with van der Waals surface area (Å²) in [5.41, 5.74) is 1.36. The lowest BCUT2D eigenvalue weighted by molar-refractivity contribution is 0.0943. The van der Waals surface area contributed by atoms with Gasteiger partial charge < -0.3 is 15.5 Å². The molecule has 1 heterocycles. The summed E-state index contributed by atoms with van der Waals surface area (Å²) < 4.78 is 0. The van der Waals surface area contributed by atoms with Gasteiger partial charge in [-0.2, -0.15) is 0 Å². The van der Waals surface area contributed by atoms with Crippen LogP contribution in [0.15, 0.2) is 18.3 Å². The van der Waals surface area contributed by atoms with Gasteiger partial charge >= 0.3 is 0 Å². The Morgan fingerprint density at radius 1 is 1.32 bits per heavy atom. The molecule has 0 fully saturated rings. The lowest BCUT2D eigenvalue weighted by Crippen LogP contribution is -2.35. The first-order valence-corrected chi connectivity index (χ1v) is 6.85. The molecule has 106 valence electrons. The number of nitrogens with zero attached hydrogens (tertiary/aromatic N) is 2. The minimum Gasteiger partial charge on any atom is -0.387 e. The van der Waals surface area contributed by atoms with Crippen LogP contribution in [0.4, 0.5) is 5.69 Å². The number of amides is 1. The molecule has 0 atom stereocenters. The van der Waals surface area contributed by atoms with Gasteiger partial charge in [0.1, 0.15) is 5.69 Å². The highest BCUT2D eigenvalue weighted by Gasteiger charge is 2.07. The number of nitrogens with one attached hydrogen (secondary N) is 2. The normalized spacial score (nSPS) is 10.5. The summed E-state index contributed by atoms with van der Waals surface area (Å²) in [6.45, 7) is 7.91. The number of carbonyl (C=O) groups is 1. The molecule has 5 nitrogen and oxygen atoms in total. The van der Waals surface area contributed by atoms with Crippen molar-refractivity contribution in [2.24, 2.45) is 0 Å². The van der Waals surface area contributed by atoms with Gasteiger partial charge in [-0.05, 0) is 31.6 Å². The second kappa shape index (κ2) is 8.48. The van der Waals surface area contributed by atoms with E-state index in [4.69, 9.17) is 0 Å². The van der Waals surface area contributed by atoms with Crippen molar-refractivity contribution in [1.82, 2.24) is 15.2 Å². The van der Waals surface area contributed by atoms with Crippen LogP contribution in [0.5, 0.6) is 0 Å². The highest BCUT2D eigenvalue weighted by atomic mass is 16.1. The van der Waals surface area contributed by atoms with Gasteiger partial charge in [-0.1, -0.05) is 13.8 Å². The quantitative estimate of drug-likeness (QED) is 0.748. The van der Waals surface area contributed by atoms with Gasteiger partial charge in [0.15, 0.2) is 0 Å². The van der Waals surface area contributed by atoms with Crippen molar-refractivity contribution in [3.8, 4) is 0 Å². The summed E-state index contributed by atoms with van der Waals surface area (Å²) in [7, 11) is 1.82. The molecule has 1 rings (SSSR count). The van der Waals surface area contributed by atoms with Gasteiger partial charge in [0.2, 0.25) is 0 Å². The zero-order valence-corrected chi connectivity index (χ0v) is 12.1. The van der Waals surface area contributed by atoms with Crippen molar-refractivity contribution in [2.75, 3.05) is 38.5 Å². The van der Waals surface area contributed by atoms with E-state index < -0.39 is 0 Å². The van der Waals surface area contributed by atoms with E-state index in [1.165, 1.54) is 0 Å². The van der Waals surface area contributed by atoms with E-state index in [-0.39, 0.29) is 5.91 Å². The van der Waals surface area contributed by atoms with Crippen molar-refractivity contribution < 1.29 is 4.79 Å². The van der Waals surface area contributed by atoms with Crippen LogP contribution in [0.3, 0.4) is 0 Å². The monoisotopic (exact) mass is 264 g/mol. The maximum atomic E-state index is 11.9. The van der Waals surface area contributed by atoms with Crippen molar-refractivity contribution in [1.29, 1.82) is 0 Å². The van der Waals surface area contributed by atoms with Gasteiger partial charge in [0.05, 0.1) is 11.9 Å². The molecule has 0 bridgehead atoms. The molecule has 0 saturated carbocycles. The number of hydrogen-bond donors (Lipinski definition) is 2. The Bertz CT molecular complexity index is 378. The van der Waals surface area contributed by atoms with Crippen LogP contribution >= 0.6 is 0 Å². The van der Waals surface area contributed by atoms with Gasteiger partial charge in [-0.15, -0.1) is 0 Å². The highest BCUT2D eigenvalue weighted by Crippen LogP contribution is 2.04.